The second-order valence-electron chi connectivity index (χ2n) is 4.67. The molecule has 0 aliphatic rings. The molecule has 114 valence electrons. The van der Waals surface area contributed by atoms with E-state index in [1.807, 2.05) is 11.6 Å². The van der Waals surface area contributed by atoms with Gasteiger partial charge >= 0.3 is 0 Å². The SMILES string of the molecule is Cn1c(CO)cnc1SCc1ncc(-c2cccc(F)c2)o1. The van der Waals surface area contributed by atoms with Gasteiger partial charge in [0, 0.05) is 12.6 Å². The summed E-state index contributed by atoms with van der Waals surface area (Å²) in [4.78, 5) is 8.42. The van der Waals surface area contributed by atoms with Crippen LogP contribution in [0.2, 0.25) is 0 Å². The fourth-order valence-electron chi connectivity index (χ4n) is 1.99. The van der Waals surface area contributed by atoms with Gasteiger partial charge in [-0.2, -0.15) is 0 Å². The Balaban J connectivity index is 1.70. The number of hydrogen-bond acceptors (Lipinski definition) is 5. The van der Waals surface area contributed by atoms with Crippen molar-refractivity contribution in [3.8, 4) is 11.3 Å². The van der Waals surface area contributed by atoms with Crippen LogP contribution in [0.15, 0.2) is 46.2 Å². The summed E-state index contributed by atoms with van der Waals surface area (Å²) in [6.45, 7) is -0.0488. The summed E-state index contributed by atoms with van der Waals surface area (Å²) in [5, 5.41) is 9.91. The molecule has 2 heterocycles. The van der Waals surface area contributed by atoms with Crippen LogP contribution in [0.5, 0.6) is 0 Å². The molecule has 5 nitrogen and oxygen atoms in total. The zero-order chi connectivity index (χ0) is 15.5. The Morgan fingerprint density at radius 2 is 2.18 bits per heavy atom. The summed E-state index contributed by atoms with van der Waals surface area (Å²) < 4.78 is 20.7. The van der Waals surface area contributed by atoms with Crippen LogP contribution in [0.3, 0.4) is 0 Å². The van der Waals surface area contributed by atoms with Crippen molar-refractivity contribution in [2.24, 2.45) is 7.05 Å². The molecule has 0 fully saturated rings. The van der Waals surface area contributed by atoms with Crippen molar-refractivity contribution in [1.29, 1.82) is 0 Å². The lowest BCUT2D eigenvalue weighted by atomic mass is 10.2. The molecule has 3 aromatic rings. The van der Waals surface area contributed by atoms with E-state index < -0.39 is 0 Å². The highest BCUT2D eigenvalue weighted by molar-refractivity contribution is 7.98. The number of nitrogens with zero attached hydrogens (tertiary/aromatic N) is 3. The normalized spacial score (nSPS) is 11.0. The van der Waals surface area contributed by atoms with Crippen molar-refractivity contribution in [3.63, 3.8) is 0 Å². The van der Waals surface area contributed by atoms with E-state index in [1.54, 1.807) is 24.5 Å². The van der Waals surface area contributed by atoms with E-state index in [2.05, 4.69) is 9.97 Å². The van der Waals surface area contributed by atoms with Crippen LogP contribution in [-0.4, -0.2) is 19.6 Å². The summed E-state index contributed by atoms with van der Waals surface area (Å²) in [6.07, 6.45) is 3.22. The highest BCUT2D eigenvalue weighted by Crippen LogP contribution is 2.25. The first kappa shape index (κ1) is 14.8. The standard InChI is InChI=1S/C15H14FN3O2S/c1-19-12(8-20)6-18-15(19)22-9-14-17-7-13(21-14)10-3-2-4-11(16)5-10/h2-7,20H,8-9H2,1H3. The van der Waals surface area contributed by atoms with Gasteiger partial charge in [-0.25, -0.2) is 14.4 Å². The van der Waals surface area contributed by atoms with Crippen LogP contribution in [0, 0.1) is 5.82 Å². The Hall–Kier alpha value is -2.12. The fraction of sp³-hybridized carbons (Fsp3) is 0.200. The molecule has 0 saturated heterocycles. The molecule has 0 atom stereocenters. The predicted octanol–water partition coefficient (Wildman–Crippen LogP) is 3.00. The van der Waals surface area contributed by atoms with Crippen LogP contribution >= 0.6 is 11.8 Å². The minimum Gasteiger partial charge on any atom is -0.440 e. The smallest absolute Gasteiger partial charge is 0.205 e. The lowest BCUT2D eigenvalue weighted by molar-refractivity contribution is 0.271. The molecule has 0 spiro atoms. The van der Waals surface area contributed by atoms with Crippen molar-refractivity contribution in [3.05, 3.63) is 54.1 Å². The van der Waals surface area contributed by atoms with Gasteiger partial charge in [-0.1, -0.05) is 23.9 Å². The summed E-state index contributed by atoms with van der Waals surface area (Å²) in [5.74, 6) is 1.27. The quantitative estimate of drug-likeness (QED) is 0.732. The van der Waals surface area contributed by atoms with Crippen LogP contribution < -0.4 is 0 Å². The maximum absolute atomic E-state index is 13.2. The molecule has 1 aromatic carbocycles. The van der Waals surface area contributed by atoms with Gasteiger partial charge in [-0.15, -0.1) is 0 Å². The van der Waals surface area contributed by atoms with Gasteiger partial charge in [0.2, 0.25) is 5.89 Å². The molecule has 2 aromatic heterocycles. The molecule has 0 saturated carbocycles. The Kier molecular flexibility index (Phi) is 4.26. The van der Waals surface area contributed by atoms with Gasteiger partial charge < -0.3 is 14.1 Å². The molecule has 0 amide bonds. The van der Waals surface area contributed by atoms with E-state index >= 15 is 0 Å². The van der Waals surface area contributed by atoms with Gasteiger partial charge in [0.05, 0.1) is 30.4 Å². The number of aliphatic hydroxyl groups excluding tert-OH is 1. The summed E-state index contributed by atoms with van der Waals surface area (Å²) in [7, 11) is 1.84. The summed E-state index contributed by atoms with van der Waals surface area (Å²) in [5.41, 5.74) is 1.40. The zero-order valence-electron chi connectivity index (χ0n) is 11.9. The van der Waals surface area contributed by atoms with Crippen LogP contribution in [-0.2, 0) is 19.4 Å². The monoisotopic (exact) mass is 319 g/mol. The van der Waals surface area contributed by atoms with Crippen LogP contribution in [0.25, 0.3) is 11.3 Å². The number of thioether (sulfide) groups is 1. The second-order valence-corrected chi connectivity index (χ2v) is 5.61. The Bertz CT molecular complexity index is 785. The molecule has 0 radical (unpaired) electrons. The first-order chi connectivity index (χ1) is 10.7. The van der Waals surface area contributed by atoms with Crippen molar-refractivity contribution in [1.82, 2.24) is 14.5 Å². The topological polar surface area (TPSA) is 64.1 Å². The third-order valence-electron chi connectivity index (χ3n) is 3.19. The highest BCUT2D eigenvalue weighted by atomic mass is 32.2. The van der Waals surface area contributed by atoms with Crippen molar-refractivity contribution < 1.29 is 13.9 Å². The minimum absolute atomic E-state index is 0.0488. The van der Waals surface area contributed by atoms with Gasteiger partial charge in [0.15, 0.2) is 10.9 Å². The molecular weight excluding hydrogens is 305 g/mol. The molecular formula is C15H14FN3O2S. The number of oxazole rings is 1. The molecule has 0 unspecified atom stereocenters. The lowest BCUT2D eigenvalue weighted by Crippen LogP contribution is -1.97. The molecule has 7 heteroatoms. The number of hydrogen-bond donors (Lipinski definition) is 1. The van der Waals surface area contributed by atoms with E-state index in [1.165, 1.54) is 23.9 Å². The number of aromatic nitrogens is 3. The van der Waals surface area contributed by atoms with Gasteiger partial charge in [-0.05, 0) is 12.1 Å². The van der Waals surface area contributed by atoms with E-state index in [-0.39, 0.29) is 12.4 Å². The molecule has 22 heavy (non-hydrogen) atoms. The molecule has 1 N–H and O–H groups in total. The van der Waals surface area contributed by atoms with Crippen molar-refractivity contribution >= 4 is 11.8 Å². The average Bonchev–Trinajstić information content (AvgIpc) is 3.12. The fourth-order valence-corrected chi connectivity index (χ4v) is 2.81. The number of aliphatic hydroxyl groups is 1. The maximum Gasteiger partial charge on any atom is 0.205 e. The zero-order valence-corrected chi connectivity index (χ0v) is 12.7. The van der Waals surface area contributed by atoms with Crippen molar-refractivity contribution in [2.45, 2.75) is 17.5 Å². The Morgan fingerprint density at radius 1 is 1.32 bits per heavy atom. The van der Waals surface area contributed by atoms with E-state index in [0.717, 1.165) is 10.9 Å². The summed E-state index contributed by atoms with van der Waals surface area (Å²) >= 11 is 1.46. The molecule has 0 aliphatic heterocycles. The number of rotatable bonds is 5. The third kappa shape index (κ3) is 3.05. The van der Waals surface area contributed by atoms with Gasteiger partial charge in [-0.3, -0.25) is 0 Å². The van der Waals surface area contributed by atoms with Crippen LogP contribution in [0.4, 0.5) is 4.39 Å². The van der Waals surface area contributed by atoms with Gasteiger partial charge in [0.1, 0.15) is 5.82 Å². The first-order valence-electron chi connectivity index (χ1n) is 6.62. The number of halogens is 1. The predicted molar refractivity (Wildman–Crippen MR) is 80.6 cm³/mol. The Morgan fingerprint density at radius 3 is 2.91 bits per heavy atom. The van der Waals surface area contributed by atoms with E-state index in [0.29, 0.717) is 23.0 Å². The lowest BCUT2D eigenvalue weighted by Gasteiger charge is -2.02. The third-order valence-corrected chi connectivity index (χ3v) is 4.22. The average molecular weight is 319 g/mol. The number of benzene rings is 1. The van der Waals surface area contributed by atoms with E-state index in [9.17, 15) is 4.39 Å². The molecule has 3 rings (SSSR count). The number of imidazole rings is 1. The maximum atomic E-state index is 13.2. The van der Waals surface area contributed by atoms with Gasteiger partial charge in [0.25, 0.3) is 0 Å². The molecule has 0 aliphatic carbocycles. The minimum atomic E-state index is -0.311. The second kappa shape index (κ2) is 6.33. The largest absolute Gasteiger partial charge is 0.440 e. The molecule has 0 bridgehead atoms. The Labute approximate surface area is 130 Å². The first-order valence-corrected chi connectivity index (χ1v) is 7.61. The van der Waals surface area contributed by atoms with E-state index in [4.69, 9.17) is 9.52 Å². The van der Waals surface area contributed by atoms with Crippen LogP contribution in [0.1, 0.15) is 11.6 Å². The summed E-state index contributed by atoms with van der Waals surface area (Å²) in [6, 6.07) is 6.19. The highest BCUT2D eigenvalue weighted by Gasteiger charge is 2.10. The van der Waals surface area contributed by atoms with Crippen molar-refractivity contribution in [2.75, 3.05) is 0 Å².